The van der Waals surface area contributed by atoms with E-state index in [1.165, 1.54) is 16.6 Å². The van der Waals surface area contributed by atoms with Gasteiger partial charge in [-0.2, -0.15) is 17.5 Å². The van der Waals surface area contributed by atoms with Crippen LogP contribution in [0.2, 0.25) is 0 Å². The van der Waals surface area contributed by atoms with Gasteiger partial charge in [0.15, 0.2) is 6.61 Å². The van der Waals surface area contributed by atoms with Crippen LogP contribution in [0, 0.1) is 0 Å². The van der Waals surface area contributed by atoms with Gasteiger partial charge in [-0.25, -0.2) is 13.4 Å². The van der Waals surface area contributed by atoms with Crippen molar-refractivity contribution in [2.45, 2.75) is 56.1 Å². The van der Waals surface area contributed by atoms with Gasteiger partial charge in [0.25, 0.3) is 0 Å². The monoisotopic (exact) mass is 499 g/mol. The van der Waals surface area contributed by atoms with Crippen LogP contribution in [0.5, 0.6) is 5.88 Å². The van der Waals surface area contributed by atoms with Crippen LogP contribution < -0.4 is 10.1 Å². The Morgan fingerprint density at radius 2 is 1.74 bits per heavy atom. The van der Waals surface area contributed by atoms with E-state index in [9.17, 15) is 26.4 Å². The third-order valence-electron chi connectivity index (χ3n) is 5.47. The number of carbonyl (C=O) groups excluding carboxylic acids is 1. The zero-order valence-electron chi connectivity index (χ0n) is 18.7. The molecular weight excluding hydrogens is 471 g/mol. The Kier molecular flexibility index (Phi) is 8.90. The van der Waals surface area contributed by atoms with Crippen molar-refractivity contribution in [1.82, 2.24) is 14.6 Å². The zero-order valence-corrected chi connectivity index (χ0v) is 19.5. The van der Waals surface area contributed by atoms with Crippen molar-refractivity contribution in [1.29, 1.82) is 0 Å². The van der Waals surface area contributed by atoms with Crippen LogP contribution in [-0.4, -0.2) is 49.5 Å². The molecule has 0 unspecified atom stereocenters. The van der Waals surface area contributed by atoms with Crippen molar-refractivity contribution in [2.75, 3.05) is 19.7 Å². The summed E-state index contributed by atoms with van der Waals surface area (Å²) in [7, 11) is -3.52. The molecule has 1 N–H and O–H groups in total. The Bertz CT molecular complexity index is 1050. The fourth-order valence-corrected chi connectivity index (χ4v) is 5.16. The molecule has 186 valence electrons. The minimum atomic E-state index is -4.49. The Morgan fingerprint density at radius 3 is 2.38 bits per heavy atom. The van der Waals surface area contributed by atoms with Gasteiger partial charge in [0.2, 0.25) is 21.8 Å². The van der Waals surface area contributed by atoms with Crippen LogP contribution in [-0.2, 0) is 27.8 Å². The number of ether oxygens (including phenoxy) is 1. The summed E-state index contributed by atoms with van der Waals surface area (Å²) in [5, 5.41) is 2.65. The van der Waals surface area contributed by atoms with Crippen molar-refractivity contribution >= 4 is 15.9 Å². The van der Waals surface area contributed by atoms with Crippen molar-refractivity contribution in [2.24, 2.45) is 0 Å². The first-order valence-corrected chi connectivity index (χ1v) is 12.6. The molecule has 3 rings (SSSR count). The number of hydrogen-bond donors (Lipinski definition) is 1. The van der Waals surface area contributed by atoms with Gasteiger partial charge in [-0.05, 0) is 43.0 Å². The van der Waals surface area contributed by atoms with Crippen molar-refractivity contribution < 1.29 is 31.1 Å². The first-order valence-electron chi connectivity index (χ1n) is 11.1. The van der Waals surface area contributed by atoms with E-state index in [0.717, 1.165) is 31.2 Å². The number of aryl methyl sites for hydroxylation is 1. The molecule has 2 aromatic rings. The minimum Gasteiger partial charge on any atom is -0.468 e. The molecule has 1 aromatic heterocycles. The largest absolute Gasteiger partial charge is 0.468 e. The number of rotatable bonds is 9. The maximum Gasteiger partial charge on any atom is 0.422 e. The molecule has 11 heteroatoms. The number of amides is 1. The molecule has 0 spiro atoms. The summed E-state index contributed by atoms with van der Waals surface area (Å²) in [5.41, 5.74) is 1.14. The molecule has 1 aliphatic heterocycles. The molecular formula is C23H28F3N3O4S. The van der Waals surface area contributed by atoms with E-state index in [4.69, 9.17) is 4.74 Å². The van der Waals surface area contributed by atoms with E-state index in [1.807, 2.05) is 0 Å². The number of nitrogens with one attached hydrogen (secondary N) is 1. The van der Waals surface area contributed by atoms with Gasteiger partial charge in [-0.15, -0.1) is 0 Å². The van der Waals surface area contributed by atoms with Gasteiger partial charge in [0.05, 0.1) is 4.90 Å². The molecule has 0 saturated carbocycles. The van der Waals surface area contributed by atoms with Gasteiger partial charge >= 0.3 is 6.18 Å². The first kappa shape index (κ1) is 26.0. The maximum atomic E-state index is 12.9. The Labute approximate surface area is 197 Å². The van der Waals surface area contributed by atoms with Crippen LogP contribution >= 0.6 is 0 Å². The molecule has 1 amide bonds. The number of sulfonamides is 1. The van der Waals surface area contributed by atoms with Crippen LogP contribution in [0.1, 0.15) is 43.2 Å². The van der Waals surface area contributed by atoms with E-state index in [0.29, 0.717) is 25.1 Å². The fraction of sp³-hybridized carbons (Fsp3) is 0.478. The number of aromatic nitrogens is 1. The van der Waals surface area contributed by atoms with Gasteiger partial charge in [-0.1, -0.05) is 31.0 Å². The molecule has 1 aliphatic rings. The summed E-state index contributed by atoms with van der Waals surface area (Å²) in [6.45, 7) is -0.421. The Balaban J connectivity index is 1.50. The van der Waals surface area contributed by atoms with Gasteiger partial charge in [0, 0.05) is 37.8 Å². The van der Waals surface area contributed by atoms with Crippen LogP contribution in [0.15, 0.2) is 47.5 Å². The molecule has 1 aromatic carbocycles. The number of halogens is 3. The number of hydrogen-bond acceptors (Lipinski definition) is 5. The average molecular weight is 500 g/mol. The lowest BCUT2D eigenvalue weighted by Gasteiger charge is -2.20. The van der Waals surface area contributed by atoms with E-state index >= 15 is 0 Å². The molecule has 1 saturated heterocycles. The molecule has 0 aliphatic carbocycles. The minimum absolute atomic E-state index is 0.0210. The molecule has 0 radical (unpaired) electrons. The van der Waals surface area contributed by atoms with Gasteiger partial charge in [-0.3, -0.25) is 4.79 Å². The molecule has 34 heavy (non-hydrogen) atoms. The summed E-state index contributed by atoms with van der Waals surface area (Å²) < 4.78 is 69.1. The van der Waals surface area contributed by atoms with Crippen LogP contribution in [0.3, 0.4) is 0 Å². The smallest absolute Gasteiger partial charge is 0.422 e. The molecule has 1 fully saturated rings. The molecule has 2 heterocycles. The summed E-state index contributed by atoms with van der Waals surface area (Å²) in [6.07, 6.45) is 1.15. The van der Waals surface area contributed by atoms with Crippen LogP contribution in [0.25, 0.3) is 0 Å². The standard InChI is InChI=1S/C23H28F3N3O4S/c24-23(25,26)17-33-22-19(6-5-13-27-22)16-28-21(30)12-9-18-7-10-20(11-8-18)34(31,32)29-14-3-1-2-4-15-29/h5-8,10-11,13H,1-4,9,12,14-17H2,(H,28,30). The highest BCUT2D eigenvalue weighted by molar-refractivity contribution is 7.89. The SMILES string of the molecule is O=C(CCc1ccc(S(=O)(=O)N2CCCCCC2)cc1)NCc1cccnc1OCC(F)(F)F. The molecule has 0 bridgehead atoms. The number of alkyl halides is 3. The first-order chi connectivity index (χ1) is 16.1. The van der Waals surface area contributed by atoms with E-state index in [2.05, 4.69) is 10.3 Å². The zero-order chi connectivity index (χ0) is 24.6. The van der Waals surface area contributed by atoms with Crippen molar-refractivity contribution in [3.8, 4) is 5.88 Å². The quantitative estimate of drug-likeness (QED) is 0.567. The third-order valence-corrected chi connectivity index (χ3v) is 7.38. The molecule has 7 nitrogen and oxygen atoms in total. The predicted octanol–water partition coefficient (Wildman–Crippen LogP) is 3.84. The van der Waals surface area contributed by atoms with Crippen molar-refractivity contribution in [3.05, 3.63) is 53.7 Å². The Morgan fingerprint density at radius 1 is 1.06 bits per heavy atom. The lowest BCUT2D eigenvalue weighted by Crippen LogP contribution is -2.31. The lowest BCUT2D eigenvalue weighted by molar-refractivity contribution is -0.154. The lowest BCUT2D eigenvalue weighted by atomic mass is 10.1. The third kappa shape index (κ3) is 7.69. The Hall–Kier alpha value is -2.66. The summed E-state index contributed by atoms with van der Waals surface area (Å²) in [6, 6.07) is 9.59. The van der Waals surface area contributed by atoms with Gasteiger partial charge in [0.1, 0.15) is 0 Å². The number of benzene rings is 1. The average Bonchev–Trinajstić information content (AvgIpc) is 3.11. The van der Waals surface area contributed by atoms with E-state index < -0.39 is 22.8 Å². The summed E-state index contributed by atoms with van der Waals surface area (Å²) in [5.74, 6) is -0.478. The second-order valence-electron chi connectivity index (χ2n) is 8.11. The topological polar surface area (TPSA) is 88.6 Å². The highest BCUT2D eigenvalue weighted by Gasteiger charge is 2.29. The van der Waals surface area contributed by atoms with Crippen molar-refractivity contribution in [3.63, 3.8) is 0 Å². The fourth-order valence-electron chi connectivity index (χ4n) is 3.64. The second kappa shape index (κ2) is 11.7. The molecule has 0 atom stereocenters. The van der Waals surface area contributed by atoms with Crippen LogP contribution in [0.4, 0.5) is 13.2 Å². The van der Waals surface area contributed by atoms with E-state index in [-0.39, 0.29) is 29.6 Å². The van der Waals surface area contributed by atoms with E-state index in [1.54, 1.807) is 30.3 Å². The second-order valence-corrected chi connectivity index (χ2v) is 10.0. The number of pyridine rings is 1. The number of nitrogens with zero attached hydrogens (tertiary/aromatic N) is 2. The number of carbonyl (C=O) groups is 1. The summed E-state index contributed by atoms with van der Waals surface area (Å²) >= 11 is 0. The predicted molar refractivity (Wildman–Crippen MR) is 120 cm³/mol. The summed E-state index contributed by atoms with van der Waals surface area (Å²) in [4.78, 5) is 16.3. The highest BCUT2D eigenvalue weighted by atomic mass is 32.2. The maximum absolute atomic E-state index is 12.9. The van der Waals surface area contributed by atoms with Gasteiger partial charge < -0.3 is 10.1 Å². The highest BCUT2D eigenvalue weighted by Crippen LogP contribution is 2.22. The normalized spacial score (nSPS) is 15.5.